The third-order valence-corrected chi connectivity index (χ3v) is 2.98. The van der Waals surface area contributed by atoms with Gasteiger partial charge in [0.25, 0.3) is 0 Å². The number of nitrogens with two attached hydrogens (primary N) is 1. The molecule has 2 rings (SSSR count). The molecule has 15 heavy (non-hydrogen) atoms. The monoisotopic (exact) mass is 202 g/mol. The summed E-state index contributed by atoms with van der Waals surface area (Å²) in [6.07, 6.45) is 2.59. The summed E-state index contributed by atoms with van der Waals surface area (Å²) in [5, 5.41) is 0. The van der Waals surface area contributed by atoms with E-state index in [2.05, 4.69) is 35.7 Å². The maximum absolute atomic E-state index is 5.65. The van der Waals surface area contributed by atoms with E-state index < -0.39 is 0 Å². The van der Waals surface area contributed by atoms with Crippen molar-refractivity contribution < 1.29 is 0 Å². The lowest BCUT2D eigenvalue weighted by Crippen LogP contribution is -2.19. The number of nitrogens with zero attached hydrogens (tertiary/aromatic N) is 1. The summed E-state index contributed by atoms with van der Waals surface area (Å²) in [6, 6.07) is 8.42. The summed E-state index contributed by atoms with van der Waals surface area (Å²) in [7, 11) is 0. The lowest BCUT2D eigenvalue weighted by atomic mass is 10.0. The van der Waals surface area contributed by atoms with Crippen molar-refractivity contribution in [2.75, 3.05) is 24.5 Å². The van der Waals surface area contributed by atoms with Gasteiger partial charge in [-0.25, -0.2) is 0 Å². The van der Waals surface area contributed by atoms with Crippen LogP contribution in [0.4, 0.5) is 5.69 Å². The molecule has 0 amide bonds. The SMILES string of the molecule is C=C(CN)c1ccccc1N1CCCC1. The van der Waals surface area contributed by atoms with E-state index in [-0.39, 0.29) is 0 Å². The van der Waals surface area contributed by atoms with Crippen molar-refractivity contribution in [3.05, 3.63) is 36.4 Å². The summed E-state index contributed by atoms with van der Waals surface area (Å²) >= 11 is 0. The average molecular weight is 202 g/mol. The van der Waals surface area contributed by atoms with Crippen molar-refractivity contribution in [3.8, 4) is 0 Å². The maximum Gasteiger partial charge on any atom is 0.0442 e. The molecule has 2 N–H and O–H groups in total. The average Bonchev–Trinajstić information content (AvgIpc) is 2.81. The van der Waals surface area contributed by atoms with Gasteiger partial charge in [0, 0.05) is 30.9 Å². The lowest BCUT2D eigenvalue weighted by Gasteiger charge is -2.21. The van der Waals surface area contributed by atoms with E-state index in [1.54, 1.807) is 0 Å². The Labute approximate surface area is 91.4 Å². The van der Waals surface area contributed by atoms with Crippen LogP contribution in [-0.4, -0.2) is 19.6 Å². The predicted octanol–water partition coefficient (Wildman–Crippen LogP) is 2.26. The lowest BCUT2D eigenvalue weighted by molar-refractivity contribution is 0.949. The normalized spacial score (nSPS) is 15.7. The topological polar surface area (TPSA) is 29.3 Å². The molecule has 0 saturated carbocycles. The predicted molar refractivity (Wildman–Crippen MR) is 66.0 cm³/mol. The summed E-state index contributed by atoms with van der Waals surface area (Å²) < 4.78 is 0. The van der Waals surface area contributed by atoms with Crippen LogP contribution in [0, 0.1) is 0 Å². The van der Waals surface area contributed by atoms with E-state index in [1.807, 2.05) is 0 Å². The first kappa shape index (κ1) is 10.2. The van der Waals surface area contributed by atoms with E-state index in [0.29, 0.717) is 6.54 Å². The van der Waals surface area contributed by atoms with Crippen molar-refractivity contribution in [1.29, 1.82) is 0 Å². The molecule has 1 aliphatic rings. The summed E-state index contributed by atoms with van der Waals surface area (Å²) in [4.78, 5) is 2.43. The molecule has 1 fully saturated rings. The minimum absolute atomic E-state index is 0.533. The second kappa shape index (κ2) is 4.49. The number of hydrogen-bond donors (Lipinski definition) is 1. The first-order valence-corrected chi connectivity index (χ1v) is 5.55. The Morgan fingerprint density at radius 1 is 1.27 bits per heavy atom. The molecule has 1 aliphatic heterocycles. The smallest absolute Gasteiger partial charge is 0.0442 e. The first-order chi connectivity index (χ1) is 7.33. The fourth-order valence-electron chi connectivity index (χ4n) is 2.12. The Bertz CT molecular complexity index is 351. The zero-order valence-corrected chi connectivity index (χ0v) is 9.08. The summed E-state index contributed by atoms with van der Waals surface area (Å²) in [5.41, 5.74) is 9.19. The molecule has 1 heterocycles. The number of benzene rings is 1. The molecular formula is C13H18N2. The standard InChI is InChI=1S/C13H18N2/c1-11(10-14)12-6-2-3-7-13(12)15-8-4-5-9-15/h2-3,6-7H,1,4-5,8-10,14H2. The fourth-order valence-corrected chi connectivity index (χ4v) is 2.12. The molecule has 1 aromatic rings. The van der Waals surface area contributed by atoms with Gasteiger partial charge >= 0.3 is 0 Å². The van der Waals surface area contributed by atoms with E-state index >= 15 is 0 Å². The second-order valence-corrected chi connectivity index (χ2v) is 4.02. The molecule has 0 unspecified atom stereocenters. The third-order valence-electron chi connectivity index (χ3n) is 2.98. The van der Waals surface area contributed by atoms with Gasteiger partial charge in [-0.05, 0) is 24.5 Å². The minimum atomic E-state index is 0.533. The summed E-state index contributed by atoms with van der Waals surface area (Å²) in [6.45, 7) is 6.88. The van der Waals surface area contributed by atoms with Gasteiger partial charge in [-0.15, -0.1) is 0 Å². The van der Waals surface area contributed by atoms with Crippen molar-refractivity contribution in [3.63, 3.8) is 0 Å². The molecule has 2 nitrogen and oxygen atoms in total. The Hall–Kier alpha value is -1.28. The van der Waals surface area contributed by atoms with Crippen LogP contribution < -0.4 is 10.6 Å². The van der Waals surface area contributed by atoms with Gasteiger partial charge in [0.15, 0.2) is 0 Å². The van der Waals surface area contributed by atoms with Crippen LogP contribution >= 0.6 is 0 Å². The van der Waals surface area contributed by atoms with E-state index in [9.17, 15) is 0 Å². The molecule has 80 valence electrons. The van der Waals surface area contributed by atoms with E-state index in [1.165, 1.54) is 24.1 Å². The van der Waals surface area contributed by atoms with Crippen LogP contribution in [0.5, 0.6) is 0 Å². The van der Waals surface area contributed by atoms with Crippen LogP contribution in [0.25, 0.3) is 5.57 Å². The highest BCUT2D eigenvalue weighted by molar-refractivity contribution is 5.76. The highest BCUT2D eigenvalue weighted by atomic mass is 15.1. The Morgan fingerprint density at radius 3 is 2.60 bits per heavy atom. The van der Waals surface area contributed by atoms with Gasteiger partial charge in [-0.1, -0.05) is 24.8 Å². The number of hydrogen-bond acceptors (Lipinski definition) is 2. The van der Waals surface area contributed by atoms with Gasteiger partial charge in [0.05, 0.1) is 0 Å². The second-order valence-electron chi connectivity index (χ2n) is 4.02. The van der Waals surface area contributed by atoms with Crippen molar-refractivity contribution in [1.82, 2.24) is 0 Å². The van der Waals surface area contributed by atoms with E-state index in [0.717, 1.165) is 18.7 Å². The maximum atomic E-state index is 5.65. The van der Waals surface area contributed by atoms with Crippen LogP contribution in [0.15, 0.2) is 30.8 Å². The number of anilines is 1. The molecule has 0 aliphatic carbocycles. The first-order valence-electron chi connectivity index (χ1n) is 5.55. The highest BCUT2D eigenvalue weighted by Crippen LogP contribution is 2.28. The molecule has 0 spiro atoms. The Morgan fingerprint density at radius 2 is 1.93 bits per heavy atom. The number of rotatable bonds is 3. The van der Waals surface area contributed by atoms with Crippen molar-refractivity contribution in [2.24, 2.45) is 5.73 Å². The highest BCUT2D eigenvalue weighted by Gasteiger charge is 2.15. The third kappa shape index (κ3) is 2.05. The fraction of sp³-hybridized carbons (Fsp3) is 0.385. The van der Waals surface area contributed by atoms with Gasteiger partial charge in [-0.2, -0.15) is 0 Å². The zero-order valence-electron chi connectivity index (χ0n) is 9.08. The molecule has 1 saturated heterocycles. The molecule has 0 atom stereocenters. The van der Waals surface area contributed by atoms with Crippen LogP contribution in [0.3, 0.4) is 0 Å². The van der Waals surface area contributed by atoms with Gasteiger partial charge < -0.3 is 10.6 Å². The molecule has 0 aromatic heterocycles. The van der Waals surface area contributed by atoms with Gasteiger partial charge in [0.2, 0.25) is 0 Å². The minimum Gasteiger partial charge on any atom is -0.371 e. The number of para-hydroxylation sites is 1. The molecular weight excluding hydrogens is 184 g/mol. The van der Waals surface area contributed by atoms with Crippen LogP contribution in [-0.2, 0) is 0 Å². The molecule has 0 bridgehead atoms. The Kier molecular flexibility index (Phi) is 3.07. The van der Waals surface area contributed by atoms with Crippen molar-refractivity contribution >= 4 is 11.3 Å². The largest absolute Gasteiger partial charge is 0.371 e. The van der Waals surface area contributed by atoms with Crippen molar-refractivity contribution in [2.45, 2.75) is 12.8 Å². The Balaban J connectivity index is 2.32. The molecule has 1 aromatic carbocycles. The van der Waals surface area contributed by atoms with Crippen LogP contribution in [0.1, 0.15) is 18.4 Å². The summed E-state index contributed by atoms with van der Waals surface area (Å²) in [5.74, 6) is 0. The zero-order chi connectivity index (χ0) is 10.7. The quantitative estimate of drug-likeness (QED) is 0.814. The van der Waals surface area contributed by atoms with Gasteiger partial charge in [-0.3, -0.25) is 0 Å². The van der Waals surface area contributed by atoms with E-state index in [4.69, 9.17) is 5.73 Å². The molecule has 2 heteroatoms. The molecule has 0 radical (unpaired) electrons. The van der Waals surface area contributed by atoms with Crippen LogP contribution in [0.2, 0.25) is 0 Å². The van der Waals surface area contributed by atoms with Gasteiger partial charge in [0.1, 0.15) is 0 Å².